The van der Waals surface area contributed by atoms with Gasteiger partial charge in [-0.2, -0.15) is 0 Å². The molecule has 28 heavy (non-hydrogen) atoms. The van der Waals surface area contributed by atoms with Gasteiger partial charge in [-0.05, 0) is 29.7 Å². The maximum absolute atomic E-state index is 12.7. The summed E-state index contributed by atoms with van der Waals surface area (Å²) in [6.07, 6.45) is 0.741. The average molecular weight is 373 g/mol. The maximum atomic E-state index is 12.7. The highest BCUT2D eigenvalue weighted by atomic mass is 16.2. The van der Waals surface area contributed by atoms with Crippen molar-refractivity contribution in [3.8, 4) is 0 Å². The Morgan fingerprint density at radius 2 is 1.43 bits per heavy atom. The molecule has 1 heterocycles. The number of benzene rings is 2. The molecule has 0 saturated carbocycles. The van der Waals surface area contributed by atoms with E-state index in [1.807, 2.05) is 60.7 Å². The van der Waals surface area contributed by atoms with Crippen molar-refractivity contribution in [3.05, 3.63) is 101 Å². The Kier molecular flexibility index (Phi) is 6.52. The van der Waals surface area contributed by atoms with Crippen LogP contribution >= 0.6 is 0 Å². The number of hydrogen-bond donors (Lipinski definition) is 1. The molecule has 1 aromatic heterocycles. The summed E-state index contributed by atoms with van der Waals surface area (Å²) in [6, 6.07) is 24.6. The second kappa shape index (κ2) is 9.46. The van der Waals surface area contributed by atoms with Crippen molar-refractivity contribution < 1.29 is 9.59 Å². The van der Waals surface area contributed by atoms with Crippen molar-refractivity contribution in [2.24, 2.45) is 0 Å². The van der Waals surface area contributed by atoms with Gasteiger partial charge in [0.2, 0.25) is 0 Å². The number of carbonyl (C=O) groups excluding carboxylic acids is 2. The van der Waals surface area contributed by atoms with Gasteiger partial charge >= 0.3 is 0 Å². The van der Waals surface area contributed by atoms with E-state index in [-0.39, 0.29) is 23.2 Å². The number of rotatable bonds is 7. The molecule has 0 fully saturated rings. The van der Waals surface area contributed by atoms with E-state index in [9.17, 15) is 9.59 Å². The Morgan fingerprint density at radius 3 is 2.11 bits per heavy atom. The van der Waals surface area contributed by atoms with Gasteiger partial charge in [-0.3, -0.25) is 9.59 Å². The lowest BCUT2D eigenvalue weighted by molar-refractivity contribution is 0.0779. The highest BCUT2D eigenvalue weighted by Crippen LogP contribution is 2.08. The lowest BCUT2D eigenvalue weighted by Gasteiger charge is -2.17. The third-order valence-corrected chi connectivity index (χ3v) is 4.35. The predicted molar refractivity (Wildman–Crippen MR) is 109 cm³/mol. The van der Waals surface area contributed by atoms with Crippen molar-refractivity contribution in [3.63, 3.8) is 0 Å². The largest absolute Gasteiger partial charge is 0.350 e. The summed E-state index contributed by atoms with van der Waals surface area (Å²) in [6.45, 7) is 0.992. The molecular formula is C23H23N3O2. The van der Waals surface area contributed by atoms with Gasteiger partial charge in [0.15, 0.2) is 0 Å². The topological polar surface area (TPSA) is 62.3 Å². The van der Waals surface area contributed by atoms with Gasteiger partial charge in [0, 0.05) is 20.1 Å². The molecule has 0 aliphatic heterocycles. The van der Waals surface area contributed by atoms with Crippen LogP contribution in [0.2, 0.25) is 0 Å². The molecule has 5 heteroatoms. The van der Waals surface area contributed by atoms with Gasteiger partial charge in [-0.25, -0.2) is 4.98 Å². The number of carbonyl (C=O) groups is 2. The molecule has 0 atom stereocenters. The molecule has 0 aliphatic carbocycles. The minimum absolute atomic E-state index is 0.220. The quantitative estimate of drug-likeness (QED) is 0.691. The first kappa shape index (κ1) is 19.3. The molecule has 0 radical (unpaired) electrons. The lowest BCUT2D eigenvalue weighted by Crippen LogP contribution is -2.29. The standard InChI is InChI=1S/C23H23N3O2/c1-26(17-19-11-6-3-7-12-19)23(28)21-14-8-13-20(25-21)22(27)24-16-15-18-9-4-2-5-10-18/h2-14H,15-17H2,1H3,(H,24,27). The van der Waals surface area contributed by atoms with E-state index in [1.54, 1.807) is 30.1 Å². The molecule has 3 rings (SSSR count). The monoisotopic (exact) mass is 373 g/mol. The van der Waals surface area contributed by atoms with E-state index in [2.05, 4.69) is 10.3 Å². The summed E-state index contributed by atoms with van der Waals surface area (Å²) in [5.41, 5.74) is 2.69. The number of nitrogens with zero attached hydrogens (tertiary/aromatic N) is 2. The van der Waals surface area contributed by atoms with E-state index in [0.29, 0.717) is 13.1 Å². The van der Waals surface area contributed by atoms with Gasteiger partial charge in [0.1, 0.15) is 11.4 Å². The van der Waals surface area contributed by atoms with Gasteiger partial charge in [0.05, 0.1) is 0 Å². The summed E-state index contributed by atoms with van der Waals surface area (Å²) in [4.78, 5) is 30.9. The van der Waals surface area contributed by atoms with E-state index in [1.165, 1.54) is 0 Å². The summed E-state index contributed by atoms with van der Waals surface area (Å²) < 4.78 is 0. The molecule has 1 N–H and O–H groups in total. The zero-order valence-electron chi connectivity index (χ0n) is 15.8. The van der Waals surface area contributed by atoms with Crippen LogP contribution < -0.4 is 5.32 Å². The molecule has 0 aliphatic rings. The number of nitrogens with one attached hydrogen (secondary N) is 1. The van der Waals surface area contributed by atoms with Crippen LogP contribution in [0.5, 0.6) is 0 Å². The van der Waals surface area contributed by atoms with E-state index < -0.39 is 0 Å². The number of aromatic nitrogens is 1. The molecular weight excluding hydrogens is 350 g/mol. The molecule has 0 bridgehead atoms. The van der Waals surface area contributed by atoms with Crippen molar-refractivity contribution in [2.75, 3.05) is 13.6 Å². The van der Waals surface area contributed by atoms with Crippen LogP contribution in [0.25, 0.3) is 0 Å². The summed E-state index contributed by atoms with van der Waals surface area (Å²) in [7, 11) is 1.73. The fraction of sp³-hybridized carbons (Fsp3) is 0.174. The second-order valence-corrected chi connectivity index (χ2v) is 6.55. The van der Waals surface area contributed by atoms with E-state index in [0.717, 1.165) is 17.5 Å². The van der Waals surface area contributed by atoms with Crippen molar-refractivity contribution >= 4 is 11.8 Å². The van der Waals surface area contributed by atoms with Gasteiger partial charge in [0.25, 0.3) is 11.8 Å². The molecule has 3 aromatic rings. The number of amides is 2. The Balaban J connectivity index is 1.59. The zero-order chi connectivity index (χ0) is 19.8. The summed E-state index contributed by atoms with van der Waals surface area (Å²) in [5.74, 6) is -0.501. The highest BCUT2D eigenvalue weighted by molar-refractivity contribution is 5.96. The van der Waals surface area contributed by atoms with Crippen LogP contribution in [-0.2, 0) is 13.0 Å². The van der Waals surface area contributed by atoms with Crippen LogP contribution in [-0.4, -0.2) is 35.3 Å². The van der Waals surface area contributed by atoms with Crippen LogP contribution in [0.15, 0.2) is 78.9 Å². The molecule has 2 aromatic carbocycles. The van der Waals surface area contributed by atoms with Crippen LogP contribution in [0, 0.1) is 0 Å². The van der Waals surface area contributed by atoms with Crippen molar-refractivity contribution in [1.29, 1.82) is 0 Å². The van der Waals surface area contributed by atoms with Gasteiger partial charge in [-0.1, -0.05) is 66.7 Å². The highest BCUT2D eigenvalue weighted by Gasteiger charge is 2.16. The van der Waals surface area contributed by atoms with E-state index >= 15 is 0 Å². The minimum Gasteiger partial charge on any atom is -0.350 e. The maximum Gasteiger partial charge on any atom is 0.272 e. The predicted octanol–water partition coefficient (Wildman–Crippen LogP) is 3.33. The third-order valence-electron chi connectivity index (χ3n) is 4.35. The normalized spacial score (nSPS) is 10.3. The minimum atomic E-state index is -0.281. The average Bonchev–Trinajstić information content (AvgIpc) is 2.74. The van der Waals surface area contributed by atoms with Crippen molar-refractivity contribution in [2.45, 2.75) is 13.0 Å². The fourth-order valence-corrected chi connectivity index (χ4v) is 2.86. The molecule has 0 saturated heterocycles. The Morgan fingerprint density at radius 1 is 0.821 bits per heavy atom. The van der Waals surface area contributed by atoms with Crippen LogP contribution in [0.4, 0.5) is 0 Å². The number of pyridine rings is 1. The van der Waals surface area contributed by atoms with Gasteiger partial charge in [-0.15, -0.1) is 0 Å². The van der Waals surface area contributed by atoms with Gasteiger partial charge < -0.3 is 10.2 Å². The fourth-order valence-electron chi connectivity index (χ4n) is 2.86. The molecule has 142 valence electrons. The zero-order valence-corrected chi connectivity index (χ0v) is 15.8. The van der Waals surface area contributed by atoms with Crippen LogP contribution in [0.3, 0.4) is 0 Å². The van der Waals surface area contributed by atoms with E-state index in [4.69, 9.17) is 0 Å². The SMILES string of the molecule is CN(Cc1ccccc1)C(=O)c1cccc(C(=O)NCCc2ccccc2)n1. The first-order valence-electron chi connectivity index (χ1n) is 9.22. The first-order chi connectivity index (χ1) is 13.6. The second-order valence-electron chi connectivity index (χ2n) is 6.55. The molecule has 0 unspecified atom stereocenters. The Hall–Kier alpha value is -3.47. The summed E-state index contributed by atoms with van der Waals surface area (Å²) >= 11 is 0. The third kappa shape index (κ3) is 5.27. The number of hydrogen-bond acceptors (Lipinski definition) is 3. The first-order valence-corrected chi connectivity index (χ1v) is 9.22. The molecule has 2 amide bonds. The van der Waals surface area contributed by atoms with Crippen LogP contribution in [0.1, 0.15) is 32.1 Å². The smallest absolute Gasteiger partial charge is 0.272 e. The molecule has 5 nitrogen and oxygen atoms in total. The Bertz CT molecular complexity index is 927. The van der Waals surface area contributed by atoms with Crippen molar-refractivity contribution in [1.82, 2.24) is 15.2 Å². The Labute approximate surface area is 165 Å². The summed E-state index contributed by atoms with van der Waals surface area (Å²) in [5, 5.41) is 2.86. The molecule has 0 spiro atoms. The lowest BCUT2D eigenvalue weighted by atomic mass is 10.1.